The third-order valence-corrected chi connectivity index (χ3v) is 5.14. The Balaban J connectivity index is 1.57. The maximum Gasteiger partial charge on any atom is 0.279 e. The van der Waals surface area contributed by atoms with Crippen molar-refractivity contribution in [2.24, 2.45) is 0 Å². The first kappa shape index (κ1) is 22.7. The molecular formula is C22H21ClFN3O3S. The summed E-state index contributed by atoms with van der Waals surface area (Å²) in [5.74, 6) is -0.00419. The van der Waals surface area contributed by atoms with Crippen molar-refractivity contribution in [3.63, 3.8) is 0 Å². The van der Waals surface area contributed by atoms with Crippen LogP contribution >= 0.6 is 22.9 Å². The average Bonchev–Trinajstić information content (AvgIpc) is 3.20. The van der Waals surface area contributed by atoms with Crippen LogP contribution in [-0.4, -0.2) is 28.5 Å². The zero-order valence-electron chi connectivity index (χ0n) is 17.0. The molecule has 3 rings (SSSR count). The second kappa shape index (κ2) is 10.9. The van der Waals surface area contributed by atoms with Crippen LogP contribution in [0.4, 0.5) is 4.39 Å². The van der Waals surface area contributed by atoms with Crippen LogP contribution in [0.1, 0.15) is 35.5 Å². The molecule has 6 nitrogen and oxygen atoms in total. The molecule has 0 saturated carbocycles. The lowest BCUT2D eigenvalue weighted by atomic mass is 10.2. The summed E-state index contributed by atoms with van der Waals surface area (Å²) in [5, 5.41) is 3.57. The lowest BCUT2D eigenvalue weighted by molar-refractivity contribution is 0.0943. The molecule has 1 atom stereocenters. The summed E-state index contributed by atoms with van der Waals surface area (Å²) in [6, 6.07) is 6.25. The highest BCUT2D eigenvalue weighted by atomic mass is 35.5. The Labute approximate surface area is 188 Å². The van der Waals surface area contributed by atoms with Gasteiger partial charge in [-0.25, -0.2) is 9.37 Å². The highest BCUT2D eigenvalue weighted by molar-refractivity contribution is 7.14. The third-order valence-electron chi connectivity index (χ3n) is 4.00. The Morgan fingerprint density at radius 2 is 2.19 bits per heavy atom. The average molecular weight is 462 g/mol. The van der Waals surface area contributed by atoms with Gasteiger partial charge in [0.2, 0.25) is 0 Å². The number of aromatic nitrogens is 2. The van der Waals surface area contributed by atoms with Crippen molar-refractivity contribution in [1.82, 2.24) is 15.3 Å². The molecule has 0 saturated heterocycles. The number of hydrogen-bond acceptors (Lipinski definition) is 6. The van der Waals surface area contributed by atoms with Gasteiger partial charge in [0.15, 0.2) is 5.82 Å². The van der Waals surface area contributed by atoms with E-state index < -0.39 is 11.7 Å². The predicted molar refractivity (Wildman–Crippen MR) is 120 cm³/mol. The van der Waals surface area contributed by atoms with E-state index in [4.69, 9.17) is 21.1 Å². The maximum absolute atomic E-state index is 13.7. The van der Waals surface area contributed by atoms with Crippen LogP contribution in [-0.2, 0) is 0 Å². The summed E-state index contributed by atoms with van der Waals surface area (Å²) < 4.78 is 25.0. The van der Waals surface area contributed by atoms with Crippen molar-refractivity contribution in [1.29, 1.82) is 0 Å². The summed E-state index contributed by atoms with van der Waals surface area (Å²) in [6.45, 7) is 4.44. The second-order valence-corrected chi connectivity index (χ2v) is 7.98. The SMILES string of the molecule is CCCOc1ccc(Oc2ncc(C=C[C@H](C)NC(=O)c3ccncc3F)s2)c(Cl)c1. The van der Waals surface area contributed by atoms with Gasteiger partial charge in [0.1, 0.15) is 11.5 Å². The molecule has 1 N–H and O–H groups in total. The van der Waals surface area contributed by atoms with Gasteiger partial charge in [0.05, 0.1) is 28.3 Å². The molecule has 3 aromatic rings. The van der Waals surface area contributed by atoms with Gasteiger partial charge in [-0.3, -0.25) is 9.78 Å². The molecule has 0 aliphatic heterocycles. The van der Waals surface area contributed by atoms with Crippen LogP contribution in [0.25, 0.3) is 6.08 Å². The molecule has 0 aliphatic rings. The van der Waals surface area contributed by atoms with Crippen molar-refractivity contribution in [3.8, 4) is 16.7 Å². The highest BCUT2D eigenvalue weighted by Crippen LogP contribution is 2.34. The number of amides is 1. The molecule has 9 heteroatoms. The zero-order chi connectivity index (χ0) is 22.2. The van der Waals surface area contributed by atoms with E-state index in [1.54, 1.807) is 37.4 Å². The molecule has 0 unspecified atom stereocenters. The minimum Gasteiger partial charge on any atom is -0.494 e. The zero-order valence-corrected chi connectivity index (χ0v) is 18.5. The Bertz CT molecular complexity index is 1070. The van der Waals surface area contributed by atoms with Gasteiger partial charge in [-0.15, -0.1) is 0 Å². The Morgan fingerprint density at radius 1 is 1.35 bits per heavy atom. The molecular weight excluding hydrogens is 441 g/mol. The van der Waals surface area contributed by atoms with Gasteiger partial charge in [-0.1, -0.05) is 35.9 Å². The molecule has 0 bridgehead atoms. The number of pyridine rings is 1. The third kappa shape index (κ3) is 6.50. The minimum atomic E-state index is -0.663. The molecule has 2 heterocycles. The normalized spacial score (nSPS) is 12.0. The number of rotatable bonds is 9. The van der Waals surface area contributed by atoms with E-state index >= 15 is 0 Å². The number of nitrogens with zero attached hydrogens (tertiary/aromatic N) is 2. The Morgan fingerprint density at radius 3 is 2.94 bits per heavy atom. The van der Waals surface area contributed by atoms with Crippen molar-refractivity contribution in [2.45, 2.75) is 26.3 Å². The van der Waals surface area contributed by atoms with Crippen molar-refractivity contribution in [3.05, 3.63) is 70.2 Å². The lowest BCUT2D eigenvalue weighted by Gasteiger charge is -2.09. The van der Waals surface area contributed by atoms with Gasteiger partial charge >= 0.3 is 0 Å². The topological polar surface area (TPSA) is 73.3 Å². The smallest absolute Gasteiger partial charge is 0.279 e. The fraction of sp³-hybridized carbons (Fsp3) is 0.227. The van der Waals surface area contributed by atoms with Gasteiger partial charge in [-0.05, 0) is 37.6 Å². The van der Waals surface area contributed by atoms with E-state index in [2.05, 4.69) is 15.3 Å². The summed E-state index contributed by atoms with van der Waals surface area (Å²) in [4.78, 5) is 20.8. The fourth-order valence-corrected chi connectivity index (χ4v) is 3.39. The Hall–Kier alpha value is -2.97. The van der Waals surface area contributed by atoms with Crippen LogP contribution < -0.4 is 14.8 Å². The van der Waals surface area contributed by atoms with E-state index in [9.17, 15) is 9.18 Å². The number of thiazole rings is 1. The largest absolute Gasteiger partial charge is 0.494 e. The first-order valence-corrected chi connectivity index (χ1v) is 10.8. The number of carbonyl (C=O) groups excluding carboxylic acids is 1. The molecule has 1 aromatic carbocycles. The van der Waals surface area contributed by atoms with Gasteiger partial charge < -0.3 is 14.8 Å². The summed E-state index contributed by atoms with van der Waals surface area (Å²) in [7, 11) is 0. The first-order valence-electron chi connectivity index (χ1n) is 9.61. The van der Waals surface area contributed by atoms with E-state index in [0.717, 1.165) is 17.5 Å². The van der Waals surface area contributed by atoms with E-state index in [-0.39, 0.29) is 11.6 Å². The number of nitrogens with one attached hydrogen (secondary N) is 1. The summed E-state index contributed by atoms with van der Waals surface area (Å²) in [5.41, 5.74) is -0.0493. The van der Waals surface area contributed by atoms with Crippen LogP contribution in [0, 0.1) is 5.82 Å². The Kier molecular flexibility index (Phi) is 7.97. The van der Waals surface area contributed by atoms with E-state index in [0.29, 0.717) is 28.3 Å². The molecule has 0 spiro atoms. The minimum absolute atomic E-state index is 0.0493. The van der Waals surface area contributed by atoms with Gasteiger partial charge in [-0.2, -0.15) is 0 Å². The molecule has 0 aliphatic carbocycles. The molecule has 162 valence electrons. The molecule has 2 aromatic heterocycles. The monoisotopic (exact) mass is 461 g/mol. The van der Waals surface area contributed by atoms with Crippen molar-refractivity contribution >= 4 is 34.9 Å². The van der Waals surface area contributed by atoms with Crippen LogP contribution in [0.3, 0.4) is 0 Å². The highest BCUT2D eigenvalue weighted by Gasteiger charge is 2.13. The standard InChI is InChI=1S/C22H21ClFN3O3S/c1-3-10-29-15-5-7-20(18(23)11-15)30-22-26-12-16(31-22)6-4-14(2)27-21(28)17-8-9-25-13-19(17)24/h4-9,11-14H,3,10H2,1-2H3,(H,27,28)/t14-/m0/s1. The number of hydrogen-bond donors (Lipinski definition) is 1. The van der Waals surface area contributed by atoms with Crippen LogP contribution in [0.15, 0.2) is 48.9 Å². The molecule has 1 amide bonds. The molecule has 0 radical (unpaired) electrons. The maximum atomic E-state index is 13.7. The number of ether oxygens (including phenoxy) is 2. The first-order chi connectivity index (χ1) is 15.0. The van der Waals surface area contributed by atoms with E-state index in [1.165, 1.54) is 23.6 Å². The van der Waals surface area contributed by atoms with Gasteiger partial charge in [0, 0.05) is 24.5 Å². The summed E-state index contributed by atoms with van der Waals surface area (Å²) >= 11 is 7.59. The number of carbonyl (C=O) groups is 1. The van der Waals surface area contributed by atoms with Crippen LogP contribution in [0.5, 0.6) is 16.7 Å². The predicted octanol–water partition coefficient (Wildman–Crippen LogP) is 5.74. The van der Waals surface area contributed by atoms with Crippen LogP contribution in [0.2, 0.25) is 5.02 Å². The van der Waals surface area contributed by atoms with Gasteiger partial charge in [0.25, 0.3) is 11.1 Å². The van der Waals surface area contributed by atoms with E-state index in [1.807, 2.05) is 13.0 Å². The molecule has 0 fully saturated rings. The summed E-state index contributed by atoms with van der Waals surface area (Å²) in [6.07, 6.45) is 8.53. The second-order valence-electron chi connectivity index (χ2n) is 6.55. The quantitative estimate of drug-likeness (QED) is 0.439. The number of benzene rings is 1. The van der Waals surface area contributed by atoms with Crippen molar-refractivity contribution < 1.29 is 18.7 Å². The fourth-order valence-electron chi connectivity index (χ4n) is 2.49. The number of halogens is 2. The lowest BCUT2D eigenvalue weighted by Crippen LogP contribution is -2.31. The molecule has 31 heavy (non-hydrogen) atoms. The van der Waals surface area contributed by atoms with Crippen molar-refractivity contribution in [2.75, 3.05) is 6.61 Å².